The minimum Gasteiger partial charge on any atom is -0.481 e. The number of fused-ring (bicyclic) bond motifs is 3. The number of aromatic nitrogens is 4. The van der Waals surface area contributed by atoms with Crippen LogP contribution in [0.5, 0.6) is 0 Å². The molecule has 4 heterocycles. The number of aromatic amines is 1. The van der Waals surface area contributed by atoms with E-state index in [1.54, 1.807) is 30.3 Å². The molecule has 12 nitrogen and oxygen atoms in total. The number of anilines is 2. The second-order valence-corrected chi connectivity index (χ2v) is 10.4. The first-order valence-electron chi connectivity index (χ1n) is 12.2. The predicted octanol–water partition coefficient (Wildman–Crippen LogP) is 1.87. The van der Waals surface area contributed by atoms with Crippen LogP contribution in [0.1, 0.15) is 43.3 Å². The van der Waals surface area contributed by atoms with Gasteiger partial charge in [0.1, 0.15) is 23.6 Å². The molecule has 38 heavy (non-hydrogen) atoms. The summed E-state index contributed by atoms with van der Waals surface area (Å²) in [5.74, 6) is -0.854. The third kappa shape index (κ3) is 3.90. The van der Waals surface area contributed by atoms with Crippen LogP contribution in [-0.4, -0.2) is 60.7 Å². The van der Waals surface area contributed by atoms with Crippen molar-refractivity contribution in [3.05, 3.63) is 52.2 Å². The van der Waals surface area contributed by atoms with Gasteiger partial charge in [0, 0.05) is 16.5 Å². The van der Waals surface area contributed by atoms with Gasteiger partial charge < -0.3 is 25.7 Å². The van der Waals surface area contributed by atoms with Crippen LogP contribution in [0.15, 0.2) is 35.1 Å². The third-order valence-electron chi connectivity index (χ3n) is 7.41. The van der Waals surface area contributed by atoms with E-state index in [4.69, 9.17) is 10.5 Å². The number of nitrogen functional groups attached to an aromatic ring is 1. The van der Waals surface area contributed by atoms with E-state index in [9.17, 15) is 24.6 Å². The Labute approximate surface area is 219 Å². The smallest absolute Gasteiger partial charge is 0.304 e. The number of H-pyrrole nitrogens is 1. The van der Waals surface area contributed by atoms with Gasteiger partial charge in [-0.25, -0.2) is 4.98 Å². The van der Waals surface area contributed by atoms with Crippen molar-refractivity contribution in [3.8, 4) is 0 Å². The molecule has 0 spiro atoms. The largest absolute Gasteiger partial charge is 0.481 e. The highest BCUT2D eigenvalue weighted by atomic mass is 32.1. The fourth-order valence-corrected chi connectivity index (χ4v) is 6.15. The van der Waals surface area contributed by atoms with Gasteiger partial charge in [-0.3, -0.25) is 19.3 Å². The van der Waals surface area contributed by atoms with E-state index in [-0.39, 0.29) is 25.4 Å². The first-order valence-corrected chi connectivity index (χ1v) is 12.9. The number of benzene rings is 1. The lowest BCUT2D eigenvalue weighted by Crippen LogP contribution is -2.51. The highest BCUT2D eigenvalue weighted by Gasteiger charge is 2.43. The summed E-state index contributed by atoms with van der Waals surface area (Å²) in [6.07, 6.45) is -0.538. The number of nitrogens with zero attached hydrogens (tertiary/aromatic N) is 4. The molecule has 0 radical (unpaired) electrons. The molecule has 13 heteroatoms. The maximum absolute atomic E-state index is 13.5. The Kier molecular flexibility index (Phi) is 5.85. The number of aliphatic hydroxyl groups is 1. The molecule has 1 amide bonds. The first kappa shape index (κ1) is 24.4. The molecule has 4 aromatic rings. The number of carboxylic acids is 1. The molecule has 2 fully saturated rings. The summed E-state index contributed by atoms with van der Waals surface area (Å²) in [5.41, 5.74) is 5.81. The number of nitrogens with one attached hydrogen (secondary N) is 1. The molecular formula is C25H24N6O6S. The van der Waals surface area contributed by atoms with E-state index in [0.717, 1.165) is 30.8 Å². The first-order chi connectivity index (χ1) is 18.3. The average molecular weight is 537 g/mol. The number of nitrogens with two attached hydrogens (primary N) is 1. The van der Waals surface area contributed by atoms with Gasteiger partial charge in [0.2, 0.25) is 0 Å². The second-order valence-electron chi connectivity index (χ2n) is 9.67. The van der Waals surface area contributed by atoms with Crippen molar-refractivity contribution in [3.63, 3.8) is 0 Å². The summed E-state index contributed by atoms with van der Waals surface area (Å²) in [7, 11) is 0. The molecule has 5 N–H and O–H groups in total. The second kappa shape index (κ2) is 9.11. The molecule has 1 aliphatic carbocycles. The maximum atomic E-state index is 13.5. The maximum Gasteiger partial charge on any atom is 0.304 e. The van der Waals surface area contributed by atoms with E-state index in [2.05, 4.69) is 19.3 Å². The lowest BCUT2D eigenvalue weighted by Gasteiger charge is -2.41. The Bertz CT molecular complexity index is 1650. The molecule has 6 rings (SSSR count). The summed E-state index contributed by atoms with van der Waals surface area (Å²) in [5, 5.41) is 21.4. The number of carbonyl (C=O) groups excluding carboxylic acids is 1. The number of carboxylic acid groups (broad SMARTS) is 1. The van der Waals surface area contributed by atoms with Crippen molar-refractivity contribution in [2.75, 3.05) is 23.8 Å². The van der Waals surface area contributed by atoms with Crippen molar-refractivity contribution in [2.24, 2.45) is 0 Å². The number of aliphatic hydroxyl groups excluding tert-OH is 1. The SMILES string of the molecule is Nc1nsc2c1ccc1[nH]c([C@H](O)[C@H]3OCCN(c4cccc(C5(CC(=O)O)CCC5)n4)C3=O)nc(=O)c12. The predicted molar refractivity (Wildman–Crippen MR) is 139 cm³/mol. The topological polar surface area (TPSA) is 185 Å². The lowest BCUT2D eigenvalue weighted by molar-refractivity contribution is -0.143. The van der Waals surface area contributed by atoms with Gasteiger partial charge in [0.05, 0.1) is 35.2 Å². The zero-order chi connectivity index (χ0) is 26.6. The summed E-state index contributed by atoms with van der Waals surface area (Å²) in [6, 6.07) is 8.60. The Hall–Kier alpha value is -3.94. The molecule has 2 atom stereocenters. The van der Waals surface area contributed by atoms with Crippen molar-refractivity contribution in [1.82, 2.24) is 19.3 Å². The molecule has 1 aromatic carbocycles. The van der Waals surface area contributed by atoms with E-state index in [1.165, 1.54) is 4.90 Å². The molecule has 1 saturated heterocycles. The average Bonchev–Trinajstić information content (AvgIpc) is 3.26. The van der Waals surface area contributed by atoms with Crippen LogP contribution < -0.4 is 16.2 Å². The van der Waals surface area contributed by atoms with Crippen LogP contribution in [0.2, 0.25) is 0 Å². The fourth-order valence-electron chi connectivity index (χ4n) is 5.30. The minimum atomic E-state index is -1.54. The Morgan fingerprint density at radius 3 is 2.82 bits per heavy atom. The summed E-state index contributed by atoms with van der Waals surface area (Å²) in [4.78, 5) is 50.9. The van der Waals surface area contributed by atoms with Gasteiger partial charge in [-0.1, -0.05) is 12.5 Å². The monoisotopic (exact) mass is 536 g/mol. The quantitative estimate of drug-likeness (QED) is 0.283. The van der Waals surface area contributed by atoms with E-state index in [0.29, 0.717) is 38.3 Å². The molecule has 2 aliphatic rings. The fraction of sp³-hybridized carbons (Fsp3) is 0.360. The highest BCUT2D eigenvalue weighted by molar-refractivity contribution is 7.14. The van der Waals surface area contributed by atoms with Gasteiger partial charge in [-0.2, -0.15) is 9.36 Å². The molecule has 3 aromatic heterocycles. The van der Waals surface area contributed by atoms with Gasteiger partial charge in [-0.05, 0) is 48.6 Å². The van der Waals surface area contributed by atoms with Crippen molar-refractivity contribution in [1.29, 1.82) is 0 Å². The van der Waals surface area contributed by atoms with Crippen LogP contribution in [0, 0.1) is 0 Å². The molecule has 1 saturated carbocycles. The van der Waals surface area contributed by atoms with Gasteiger partial charge in [0.15, 0.2) is 6.10 Å². The molecule has 196 valence electrons. The Morgan fingerprint density at radius 1 is 1.26 bits per heavy atom. The van der Waals surface area contributed by atoms with Gasteiger partial charge in [0.25, 0.3) is 11.5 Å². The third-order valence-corrected chi connectivity index (χ3v) is 8.31. The number of aliphatic carboxylic acids is 1. The van der Waals surface area contributed by atoms with E-state index in [1.807, 2.05) is 0 Å². The molecule has 0 unspecified atom stereocenters. The Balaban J connectivity index is 1.30. The zero-order valence-electron chi connectivity index (χ0n) is 20.1. The number of morpholine rings is 1. The van der Waals surface area contributed by atoms with Crippen molar-refractivity contribution < 1.29 is 24.5 Å². The standard InChI is InChI=1S/C25H24N6O6S/c26-21-12-5-6-13-17(20(12)38-30-21)23(35)29-22(27-13)18(34)19-24(36)31(9-10-37-19)15-4-1-3-14(28-15)25(7-2-8-25)11-16(32)33/h1,3-6,18-19,34H,2,7-11H2,(H2,26,30)(H,32,33)(H,27,29,35)/t18-,19-/m1/s1. The number of hydrogen-bond acceptors (Lipinski definition) is 10. The zero-order valence-corrected chi connectivity index (χ0v) is 20.9. The number of hydrogen-bond donors (Lipinski definition) is 4. The lowest BCUT2D eigenvalue weighted by atomic mass is 9.64. The number of pyridine rings is 1. The van der Waals surface area contributed by atoms with Crippen LogP contribution in [0.3, 0.4) is 0 Å². The van der Waals surface area contributed by atoms with Crippen LogP contribution in [0.4, 0.5) is 11.6 Å². The normalized spacial score (nSPS) is 20.0. The number of ether oxygens (including phenoxy) is 1. The van der Waals surface area contributed by atoms with E-state index >= 15 is 0 Å². The van der Waals surface area contributed by atoms with Crippen molar-refractivity contribution >= 4 is 56.0 Å². The number of amides is 1. The number of rotatable bonds is 6. The van der Waals surface area contributed by atoms with E-state index < -0.39 is 35.1 Å². The Morgan fingerprint density at radius 2 is 2.08 bits per heavy atom. The minimum absolute atomic E-state index is 0.0245. The summed E-state index contributed by atoms with van der Waals surface area (Å²) < 4.78 is 10.3. The highest BCUT2D eigenvalue weighted by Crippen LogP contribution is 2.46. The van der Waals surface area contributed by atoms with Crippen molar-refractivity contribution in [2.45, 2.75) is 43.3 Å². The van der Waals surface area contributed by atoms with Gasteiger partial charge in [-0.15, -0.1) is 0 Å². The summed E-state index contributed by atoms with van der Waals surface area (Å²) >= 11 is 1.09. The van der Waals surface area contributed by atoms with Crippen LogP contribution >= 0.6 is 11.5 Å². The van der Waals surface area contributed by atoms with Gasteiger partial charge >= 0.3 is 5.97 Å². The molecule has 0 bridgehead atoms. The van der Waals surface area contributed by atoms with Crippen LogP contribution in [-0.2, 0) is 19.7 Å². The van der Waals surface area contributed by atoms with Crippen LogP contribution in [0.25, 0.3) is 21.0 Å². The number of carbonyl (C=O) groups is 2. The molecule has 1 aliphatic heterocycles. The molecular weight excluding hydrogens is 512 g/mol. The summed E-state index contributed by atoms with van der Waals surface area (Å²) in [6.45, 7) is 0.328.